The maximum atomic E-state index is 11.1. The molecule has 0 aliphatic carbocycles. The smallest absolute Gasteiger partial charge is 0.361 e. The number of esters is 1. The molecule has 0 aromatic rings. The van der Waals surface area contributed by atoms with Gasteiger partial charge in [0.25, 0.3) is 0 Å². The summed E-state index contributed by atoms with van der Waals surface area (Å²) in [5, 5.41) is 2.06. The highest BCUT2D eigenvalue weighted by molar-refractivity contribution is 5.70. The Kier molecular flexibility index (Phi) is 15.0. The van der Waals surface area contributed by atoms with Crippen molar-refractivity contribution in [1.82, 2.24) is 0 Å². The van der Waals surface area contributed by atoms with Crippen molar-refractivity contribution in [2.24, 2.45) is 0 Å². The second-order valence-electron chi connectivity index (χ2n) is 5.27. The molecule has 0 aromatic carbocycles. The third-order valence-corrected chi connectivity index (χ3v) is 3.38. The Morgan fingerprint density at radius 2 is 1.37 bits per heavy atom. The van der Waals surface area contributed by atoms with Gasteiger partial charge in [-0.2, -0.15) is 0 Å². The zero-order valence-corrected chi connectivity index (χ0v) is 13.1. The first kappa shape index (κ1) is 18.4. The molecular weight excluding hydrogens is 238 g/mol. The zero-order valence-electron chi connectivity index (χ0n) is 13.1. The minimum atomic E-state index is -0.0884. The second kappa shape index (κ2) is 15.5. The van der Waals surface area contributed by atoms with Gasteiger partial charge in [0.1, 0.15) is 0 Å². The van der Waals surface area contributed by atoms with E-state index in [2.05, 4.69) is 12.2 Å². The van der Waals surface area contributed by atoms with E-state index in [-0.39, 0.29) is 5.97 Å². The van der Waals surface area contributed by atoms with Crippen molar-refractivity contribution >= 4 is 5.97 Å². The van der Waals surface area contributed by atoms with Crippen molar-refractivity contribution in [3.05, 3.63) is 0 Å². The van der Waals surface area contributed by atoms with E-state index in [1.807, 2.05) is 6.92 Å². The summed E-state index contributed by atoms with van der Waals surface area (Å²) in [6, 6.07) is 0. The fourth-order valence-corrected chi connectivity index (χ4v) is 2.22. The molecule has 0 radical (unpaired) electrons. The Balaban J connectivity index is 3.01. The molecule has 0 fully saturated rings. The Hall–Kier alpha value is -0.570. The molecule has 0 heterocycles. The summed E-state index contributed by atoms with van der Waals surface area (Å²) in [6.45, 7) is 6.13. The largest absolute Gasteiger partial charge is 0.462 e. The van der Waals surface area contributed by atoms with Gasteiger partial charge in [-0.3, -0.25) is 0 Å². The number of carbonyl (C=O) groups excluding carboxylic acids is 1. The summed E-state index contributed by atoms with van der Waals surface area (Å²) in [4.78, 5) is 11.1. The van der Waals surface area contributed by atoms with E-state index >= 15 is 0 Å². The SMILES string of the molecule is CCCCCCCCCCCC[NH2+]CC(=O)OCC. The van der Waals surface area contributed by atoms with Crippen molar-refractivity contribution in [3.8, 4) is 0 Å². The van der Waals surface area contributed by atoms with Crippen molar-refractivity contribution in [2.75, 3.05) is 19.7 Å². The summed E-state index contributed by atoms with van der Waals surface area (Å²) in [7, 11) is 0. The standard InChI is InChI=1S/C16H33NO2/c1-3-5-6-7-8-9-10-11-12-13-14-17-15-16(18)19-4-2/h17H,3-15H2,1-2H3/p+1. The number of ether oxygens (including phenoxy) is 1. The van der Waals surface area contributed by atoms with Gasteiger partial charge in [-0.15, -0.1) is 0 Å². The van der Waals surface area contributed by atoms with Crippen LogP contribution < -0.4 is 5.32 Å². The van der Waals surface area contributed by atoms with Crippen LogP contribution in [0.5, 0.6) is 0 Å². The molecule has 0 aliphatic heterocycles. The number of nitrogens with two attached hydrogens (primary N) is 1. The van der Waals surface area contributed by atoms with Crippen LogP contribution in [0.3, 0.4) is 0 Å². The number of hydrogen-bond acceptors (Lipinski definition) is 2. The minimum Gasteiger partial charge on any atom is -0.462 e. The van der Waals surface area contributed by atoms with Gasteiger partial charge >= 0.3 is 5.97 Å². The molecule has 114 valence electrons. The fraction of sp³-hybridized carbons (Fsp3) is 0.938. The Bertz CT molecular complexity index is 195. The summed E-state index contributed by atoms with van der Waals surface area (Å²) < 4.78 is 4.87. The van der Waals surface area contributed by atoms with Gasteiger partial charge in [-0.25, -0.2) is 4.79 Å². The fourth-order valence-electron chi connectivity index (χ4n) is 2.22. The van der Waals surface area contributed by atoms with Crippen LogP contribution in [-0.4, -0.2) is 25.7 Å². The van der Waals surface area contributed by atoms with Gasteiger partial charge in [0.2, 0.25) is 0 Å². The Morgan fingerprint density at radius 1 is 0.842 bits per heavy atom. The minimum absolute atomic E-state index is 0.0884. The predicted octanol–water partition coefficient (Wildman–Crippen LogP) is 3.03. The van der Waals surface area contributed by atoms with Crippen LogP contribution in [0.25, 0.3) is 0 Å². The summed E-state index contributed by atoms with van der Waals surface area (Å²) in [5.74, 6) is -0.0884. The van der Waals surface area contributed by atoms with E-state index < -0.39 is 0 Å². The lowest BCUT2D eigenvalue weighted by atomic mass is 10.1. The molecule has 3 heteroatoms. The van der Waals surface area contributed by atoms with Crippen LogP contribution in [-0.2, 0) is 9.53 Å². The van der Waals surface area contributed by atoms with Gasteiger partial charge in [-0.1, -0.05) is 58.3 Å². The molecule has 0 bridgehead atoms. The van der Waals surface area contributed by atoms with Gasteiger partial charge in [-0.05, 0) is 19.8 Å². The lowest BCUT2D eigenvalue weighted by Gasteiger charge is -2.03. The first-order valence-electron chi connectivity index (χ1n) is 8.28. The zero-order chi connectivity index (χ0) is 14.2. The number of rotatable bonds is 14. The van der Waals surface area contributed by atoms with Crippen LogP contribution in [0, 0.1) is 0 Å². The van der Waals surface area contributed by atoms with E-state index in [0.29, 0.717) is 13.2 Å². The summed E-state index contributed by atoms with van der Waals surface area (Å²) in [5.41, 5.74) is 0. The van der Waals surface area contributed by atoms with Gasteiger partial charge in [0.05, 0.1) is 13.2 Å². The molecule has 0 rings (SSSR count). The highest BCUT2D eigenvalue weighted by Gasteiger charge is 2.02. The molecule has 0 spiro atoms. The normalized spacial score (nSPS) is 10.6. The maximum absolute atomic E-state index is 11.1. The van der Waals surface area contributed by atoms with E-state index in [0.717, 1.165) is 6.54 Å². The second-order valence-corrected chi connectivity index (χ2v) is 5.27. The highest BCUT2D eigenvalue weighted by atomic mass is 16.5. The lowest BCUT2D eigenvalue weighted by molar-refractivity contribution is -0.645. The van der Waals surface area contributed by atoms with E-state index in [1.165, 1.54) is 64.2 Å². The van der Waals surface area contributed by atoms with E-state index in [4.69, 9.17) is 4.74 Å². The van der Waals surface area contributed by atoms with Crippen LogP contribution in [0.4, 0.5) is 0 Å². The van der Waals surface area contributed by atoms with Crippen LogP contribution in [0.15, 0.2) is 0 Å². The van der Waals surface area contributed by atoms with Gasteiger partial charge in [0, 0.05) is 0 Å². The maximum Gasteiger partial charge on any atom is 0.361 e. The van der Waals surface area contributed by atoms with Crippen LogP contribution in [0.1, 0.15) is 78.1 Å². The molecule has 0 amide bonds. The highest BCUT2D eigenvalue weighted by Crippen LogP contribution is 2.09. The summed E-state index contributed by atoms with van der Waals surface area (Å²) in [6.07, 6.45) is 13.6. The summed E-state index contributed by atoms with van der Waals surface area (Å²) >= 11 is 0. The van der Waals surface area contributed by atoms with Crippen LogP contribution >= 0.6 is 0 Å². The molecule has 0 saturated carbocycles. The van der Waals surface area contributed by atoms with Crippen molar-refractivity contribution < 1.29 is 14.8 Å². The molecule has 0 atom stereocenters. The van der Waals surface area contributed by atoms with Gasteiger partial charge < -0.3 is 10.1 Å². The third-order valence-electron chi connectivity index (χ3n) is 3.38. The number of carbonyl (C=O) groups is 1. The third kappa shape index (κ3) is 15.4. The Labute approximate surface area is 119 Å². The first-order chi connectivity index (χ1) is 9.31. The average molecular weight is 272 g/mol. The molecular formula is C16H34NO2+. The lowest BCUT2D eigenvalue weighted by Crippen LogP contribution is -2.86. The monoisotopic (exact) mass is 272 g/mol. The van der Waals surface area contributed by atoms with Crippen molar-refractivity contribution in [1.29, 1.82) is 0 Å². The first-order valence-corrected chi connectivity index (χ1v) is 8.28. The number of unbranched alkanes of at least 4 members (excludes halogenated alkanes) is 9. The average Bonchev–Trinajstić information content (AvgIpc) is 2.40. The van der Waals surface area contributed by atoms with E-state index in [1.54, 1.807) is 0 Å². The Morgan fingerprint density at radius 3 is 1.89 bits per heavy atom. The topological polar surface area (TPSA) is 42.9 Å². The number of quaternary nitrogens is 1. The molecule has 2 N–H and O–H groups in total. The van der Waals surface area contributed by atoms with Gasteiger partial charge in [0.15, 0.2) is 6.54 Å². The molecule has 0 unspecified atom stereocenters. The van der Waals surface area contributed by atoms with Crippen LogP contribution in [0.2, 0.25) is 0 Å². The molecule has 19 heavy (non-hydrogen) atoms. The van der Waals surface area contributed by atoms with Crippen molar-refractivity contribution in [2.45, 2.75) is 78.1 Å². The quantitative estimate of drug-likeness (QED) is 0.390. The molecule has 0 aliphatic rings. The van der Waals surface area contributed by atoms with Crippen molar-refractivity contribution in [3.63, 3.8) is 0 Å². The molecule has 3 nitrogen and oxygen atoms in total. The molecule has 0 aromatic heterocycles. The molecule has 0 saturated heterocycles. The number of hydrogen-bond donors (Lipinski definition) is 1. The van der Waals surface area contributed by atoms with E-state index in [9.17, 15) is 4.79 Å². The predicted molar refractivity (Wildman–Crippen MR) is 80.1 cm³/mol.